The average molecular weight is 417 g/mol. The van der Waals surface area contributed by atoms with Gasteiger partial charge in [0.25, 0.3) is 15.7 Å². The van der Waals surface area contributed by atoms with Crippen LogP contribution >= 0.6 is 0 Å². The number of nitrogens with zero attached hydrogens (tertiary/aromatic N) is 3. The van der Waals surface area contributed by atoms with Crippen LogP contribution in [0.5, 0.6) is 0 Å². The van der Waals surface area contributed by atoms with Crippen LogP contribution in [0.15, 0.2) is 47.4 Å². The van der Waals surface area contributed by atoms with Crippen molar-refractivity contribution >= 4 is 27.4 Å². The zero-order valence-corrected chi connectivity index (χ0v) is 16.7. The van der Waals surface area contributed by atoms with Crippen LogP contribution in [0.25, 0.3) is 0 Å². The van der Waals surface area contributed by atoms with Crippen LogP contribution in [0, 0.1) is 28.4 Å². The van der Waals surface area contributed by atoms with Crippen molar-refractivity contribution in [1.29, 1.82) is 5.26 Å². The van der Waals surface area contributed by atoms with E-state index < -0.39 is 27.5 Å². The fourth-order valence-electron chi connectivity index (χ4n) is 2.58. The standard InChI is InChI=1S/C19H19N3O6S/c1-3-28-19(23)13-21(16-7-5-15(6-8-16)10-11-20)29(26,27)17-9-4-14(2)18(12-17)22(24)25/h4-9,12H,3,10,13H2,1-2H3. The first-order chi connectivity index (χ1) is 13.7. The molecule has 2 aromatic carbocycles. The molecule has 0 heterocycles. The van der Waals surface area contributed by atoms with Crippen molar-refractivity contribution in [2.75, 3.05) is 17.5 Å². The van der Waals surface area contributed by atoms with Gasteiger partial charge in [-0.2, -0.15) is 5.26 Å². The van der Waals surface area contributed by atoms with Gasteiger partial charge in [0.2, 0.25) is 0 Å². The van der Waals surface area contributed by atoms with Gasteiger partial charge >= 0.3 is 5.97 Å². The molecule has 0 aromatic heterocycles. The molecule has 29 heavy (non-hydrogen) atoms. The van der Waals surface area contributed by atoms with E-state index in [-0.39, 0.29) is 29.3 Å². The number of hydrogen-bond donors (Lipinski definition) is 0. The van der Waals surface area contributed by atoms with E-state index in [0.717, 1.165) is 10.4 Å². The molecule has 2 rings (SSSR count). The molecule has 0 saturated carbocycles. The summed E-state index contributed by atoms with van der Waals surface area (Å²) < 4.78 is 32.1. The minimum atomic E-state index is -4.30. The summed E-state index contributed by atoms with van der Waals surface area (Å²) >= 11 is 0. The third-order valence-electron chi connectivity index (χ3n) is 4.05. The summed E-state index contributed by atoms with van der Waals surface area (Å²) in [5.41, 5.74) is 0.817. The van der Waals surface area contributed by atoms with Crippen molar-refractivity contribution in [1.82, 2.24) is 0 Å². The molecule has 0 bridgehead atoms. The van der Waals surface area contributed by atoms with Crippen molar-refractivity contribution in [3.8, 4) is 6.07 Å². The fraction of sp³-hybridized carbons (Fsp3) is 0.263. The third kappa shape index (κ3) is 5.08. The van der Waals surface area contributed by atoms with Gasteiger partial charge in [0.1, 0.15) is 6.54 Å². The second-order valence-corrected chi connectivity index (χ2v) is 7.89. The molecule has 0 amide bonds. The van der Waals surface area contributed by atoms with E-state index in [9.17, 15) is 23.3 Å². The largest absolute Gasteiger partial charge is 0.465 e. The first-order valence-electron chi connectivity index (χ1n) is 8.60. The van der Waals surface area contributed by atoms with Crippen molar-refractivity contribution < 1.29 is 22.9 Å². The Bertz CT molecular complexity index is 1060. The lowest BCUT2D eigenvalue weighted by Crippen LogP contribution is -2.36. The lowest BCUT2D eigenvalue weighted by Gasteiger charge is -2.24. The lowest BCUT2D eigenvalue weighted by molar-refractivity contribution is -0.385. The quantitative estimate of drug-likeness (QED) is 0.366. The highest BCUT2D eigenvalue weighted by atomic mass is 32.2. The first kappa shape index (κ1) is 21.8. The van der Waals surface area contributed by atoms with Crippen LogP contribution in [0.3, 0.4) is 0 Å². The minimum absolute atomic E-state index is 0.0732. The van der Waals surface area contributed by atoms with Crippen LogP contribution in [0.4, 0.5) is 11.4 Å². The summed E-state index contributed by atoms with van der Waals surface area (Å²) in [7, 11) is -4.30. The molecule has 0 fully saturated rings. The number of nitriles is 1. The number of ether oxygens (including phenoxy) is 1. The zero-order valence-electron chi connectivity index (χ0n) is 15.9. The molecule has 0 unspecified atom stereocenters. The van der Waals surface area contributed by atoms with E-state index in [1.165, 1.54) is 31.2 Å². The molecule has 0 N–H and O–H groups in total. The Morgan fingerprint density at radius 2 is 1.90 bits per heavy atom. The van der Waals surface area contributed by atoms with Crippen LogP contribution in [0.1, 0.15) is 18.1 Å². The van der Waals surface area contributed by atoms with E-state index in [4.69, 9.17) is 10.00 Å². The number of hydrogen-bond acceptors (Lipinski definition) is 7. The maximum Gasteiger partial charge on any atom is 0.326 e. The average Bonchev–Trinajstić information content (AvgIpc) is 2.67. The van der Waals surface area contributed by atoms with Gasteiger partial charge in [-0.25, -0.2) is 8.42 Å². The normalized spacial score (nSPS) is 10.8. The minimum Gasteiger partial charge on any atom is -0.465 e. The van der Waals surface area contributed by atoms with Gasteiger partial charge in [0, 0.05) is 11.6 Å². The maximum atomic E-state index is 13.2. The first-order valence-corrected chi connectivity index (χ1v) is 10.0. The number of nitro benzene ring substituents is 1. The fourth-order valence-corrected chi connectivity index (χ4v) is 4.01. The molecular weight excluding hydrogens is 398 g/mol. The summed E-state index contributed by atoms with van der Waals surface area (Å²) in [4.78, 5) is 22.2. The van der Waals surface area contributed by atoms with E-state index in [0.29, 0.717) is 11.1 Å². The van der Waals surface area contributed by atoms with Gasteiger partial charge in [-0.05, 0) is 37.6 Å². The zero-order chi connectivity index (χ0) is 21.6. The monoisotopic (exact) mass is 417 g/mol. The lowest BCUT2D eigenvalue weighted by atomic mass is 10.1. The molecule has 0 radical (unpaired) electrons. The number of aryl methyl sites for hydroxylation is 1. The highest BCUT2D eigenvalue weighted by Gasteiger charge is 2.29. The summed E-state index contributed by atoms with van der Waals surface area (Å²) in [6.45, 7) is 2.56. The Morgan fingerprint density at radius 3 is 2.45 bits per heavy atom. The molecule has 152 valence electrons. The van der Waals surface area contributed by atoms with E-state index in [1.54, 1.807) is 19.1 Å². The highest BCUT2D eigenvalue weighted by molar-refractivity contribution is 7.92. The Morgan fingerprint density at radius 1 is 1.24 bits per heavy atom. The Hall–Kier alpha value is -3.45. The van der Waals surface area contributed by atoms with Crippen LogP contribution in [0.2, 0.25) is 0 Å². The van der Waals surface area contributed by atoms with E-state index in [1.807, 2.05) is 6.07 Å². The molecule has 9 nitrogen and oxygen atoms in total. The van der Waals surface area contributed by atoms with Gasteiger partial charge in [-0.3, -0.25) is 19.2 Å². The molecule has 2 aromatic rings. The Labute approximate surface area is 168 Å². The maximum absolute atomic E-state index is 13.2. The van der Waals surface area contributed by atoms with Gasteiger partial charge in [-0.1, -0.05) is 18.2 Å². The summed E-state index contributed by atoms with van der Waals surface area (Å²) in [5, 5.41) is 20.0. The van der Waals surface area contributed by atoms with Crippen molar-refractivity contribution in [3.05, 3.63) is 63.7 Å². The molecule has 0 spiro atoms. The SMILES string of the molecule is CCOC(=O)CN(c1ccc(CC#N)cc1)S(=O)(=O)c1ccc(C)c([N+](=O)[O-])c1. The number of esters is 1. The number of sulfonamides is 1. The smallest absolute Gasteiger partial charge is 0.326 e. The van der Waals surface area contributed by atoms with E-state index >= 15 is 0 Å². The predicted octanol–water partition coefficient (Wildman–Crippen LogP) is 2.73. The van der Waals surface area contributed by atoms with Crippen molar-refractivity contribution in [2.45, 2.75) is 25.2 Å². The molecule has 10 heteroatoms. The van der Waals surface area contributed by atoms with Gasteiger partial charge in [0.05, 0.1) is 34.6 Å². The van der Waals surface area contributed by atoms with Crippen molar-refractivity contribution in [3.63, 3.8) is 0 Å². The third-order valence-corrected chi connectivity index (χ3v) is 5.82. The van der Waals surface area contributed by atoms with Crippen LogP contribution in [-0.4, -0.2) is 32.5 Å². The Kier molecular flexibility index (Phi) is 6.90. The van der Waals surface area contributed by atoms with Gasteiger partial charge < -0.3 is 4.74 Å². The predicted molar refractivity (Wildman–Crippen MR) is 105 cm³/mol. The van der Waals surface area contributed by atoms with Crippen LogP contribution < -0.4 is 4.31 Å². The van der Waals surface area contributed by atoms with Crippen LogP contribution in [-0.2, 0) is 26.0 Å². The summed E-state index contributed by atoms with van der Waals surface area (Å²) in [5.74, 6) is -0.765. The summed E-state index contributed by atoms with van der Waals surface area (Å²) in [6, 6.07) is 11.6. The van der Waals surface area contributed by atoms with E-state index in [2.05, 4.69) is 0 Å². The molecule has 0 saturated heterocycles. The number of nitro groups is 1. The molecule has 0 aliphatic carbocycles. The number of anilines is 1. The van der Waals surface area contributed by atoms with Crippen molar-refractivity contribution in [2.24, 2.45) is 0 Å². The van der Waals surface area contributed by atoms with Gasteiger partial charge in [0.15, 0.2) is 0 Å². The molecule has 0 atom stereocenters. The summed E-state index contributed by atoms with van der Waals surface area (Å²) in [6.07, 6.45) is 0.148. The number of carbonyl (C=O) groups excluding carboxylic acids is 1. The topological polar surface area (TPSA) is 131 Å². The second-order valence-electron chi connectivity index (χ2n) is 6.02. The van der Waals surface area contributed by atoms with Gasteiger partial charge in [-0.15, -0.1) is 0 Å². The Balaban J connectivity index is 2.54. The molecule has 0 aliphatic rings. The second kappa shape index (κ2) is 9.16. The molecular formula is C19H19N3O6S. The molecule has 0 aliphatic heterocycles. The number of benzene rings is 2. The number of rotatable bonds is 8. The number of carbonyl (C=O) groups is 1. The highest BCUT2D eigenvalue weighted by Crippen LogP contribution is 2.28.